The Kier molecular flexibility index (Phi) is 4.90. The van der Waals surface area contributed by atoms with Gasteiger partial charge in [-0.05, 0) is 46.1 Å². The Bertz CT molecular complexity index is 571. The van der Waals surface area contributed by atoms with Gasteiger partial charge in [-0.25, -0.2) is 4.79 Å². The molecule has 2 heterocycles. The minimum Gasteiger partial charge on any atom is -0.448 e. The number of carbonyl (C=O) groups excluding carboxylic acids is 2. The second-order valence-electron chi connectivity index (χ2n) is 5.92. The van der Waals surface area contributed by atoms with Crippen LogP contribution < -0.4 is 0 Å². The summed E-state index contributed by atoms with van der Waals surface area (Å²) in [4.78, 5) is 29.1. The monoisotopic (exact) mass is 308 g/mol. The lowest BCUT2D eigenvalue weighted by atomic mass is 10.1. The lowest BCUT2D eigenvalue weighted by molar-refractivity contribution is -0.138. The zero-order valence-corrected chi connectivity index (χ0v) is 13.6. The van der Waals surface area contributed by atoms with E-state index in [2.05, 4.69) is 4.98 Å². The van der Waals surface area contributed by atoms with Gasteiger partial charge in [0.2, 0.25) is 0 Å². The van der Waals surface area contributed by atoms with E-state index in [9.17, 15) is 14.7 Å². The van der Waals surface area contributed by atoms with E-state index in [-0.39, 0.29) is 5.91 Å². The van der Waals surface area contributed by atoms with Gasteiger partial charge in [-0.15, -0.1) is 0 Å². The average molecular weight is 308 g/mol. The van der Waals surface area contributed by atoms with Crippen molar-refractivity contribution in [3.8, 4) is 0 Å². The summed E-state index contributed by atoms with van der Waals surface area (Å²) in [5, 5.41) is 9.76. The molecule has 0 spiro atoms. The SMILES string of the molecule is Cc1[nH]c(C(=O)O[C@@H](C)C(=O)N2CCCC2)c(C)c1[C@H](C)O. The Morgan fingerprint density at radius 2 is 1.82 bits per heavy atom. The zero-order valence-electron chi connectivity index (χ0n) is 13.6. The number of ether oxygens (including phenoxy) is 1. The molecule has 1 aromatic rings. The summed E-state index contributed by atoms with van der Waals surface area (Å²) in [6.45, 7) is 8.26. The van der Waals surface area contributed by atoms with E-state index >= 15 is 0 Å². The minimum atomic E-state index is -0.802. The minimum absolute atomic E-state index is 0.150. The summed E-state index contributed by atoms with van der Waals surface area (Å²) in [5.74, 6) is -0.713. The predicted octanol–water partition coefficient (Wildman–Crippen LogP) is 1.85. The molecule has 2 N–H and O–H groups in total. The maximum Gasteiger partial charge on any atom is 0.355 e. The third-order valence-electron chi connectivity index (χ3n) is 4.17. The van der Waals surface area contributed by atoms with Crippen LogP contribution in [0.1, 0.15) is 60.1 Å². The molecule has 0 aromatic carbocycles. The van der Waals surface area contributed by atoms with Crippen molar-refractivity contribution in [3.63, 3.8) is 0 Å². The van der Waals surface area contributed by atoms with E-state index in [0.717, 1.165) is 31.6 Å². The third kappa shape index (κ3) is 3.16. The number of likely N-dealkylation sites (tertiary alicyclic amines) is 1. The van der Waals surface area contributed by atoms with E-state index in [1.54, 1.807) is 32.6 Å². The van der Waals surface area contributed by atoms with Crippen molar-refractivity contribution in [1.82, 2.24) is 9.88 Å². The number of nitrogens with zero attached hydrogens (tertiary/aromatic N) is 1. The van der Waals surface area contributed by atoms with Crippen LogP contribution in [0, 0.1) is 13.8 Å². The second kappa shape index (κ2) is 6.52. The Balaban J connectivity index is 2.09. The van der Waals surface area contributed by atoms with Gasteiger partial charge in [0.05, 0.1) is 6.10 Å². The van der Waals surface area contributed by atoms with Crippen LogP contribution in [0.3, 0.4) is 0 Å². The van der Waals surface area contributed by atoms with E-state index in [4.69, 9.17) is 4.74 Å². The van der Waals surface area contributed by atoms with E-state index in [1.807, 2.05) is 0 Å². The summed E-state index contributed by atoms with van der Waals surface area (Å²) < 4.78 is 5.30. The number of nitrogens with one attached hydrogen (secondary N) is 1. The highest BCUT2D eigenvalue weighted by Gasteiger charge is 2.28. The van der Waals surface area contributed by atoms with Crippen molar-refractivity contribution in [1.29, 1.82) is 0 Å². The molecule has 2 atom stereocenters. The molecule has 22 heavy (non-hydrogen) atoms. The van der Waals surface area contributed by atoms with Crippen LogP contribution in [0.2, 0.25) is 0 Å². The lowest BCUT2D eigenvalue weighted by Crippen LogP contribution is -2.38. The molecule has 0 aliphatic carbocycles. The number of esters is 1. The van der Waals surface area contributed by atoms with Crippen LogP contribution in [0.5, 0.6) is 0 Å². The molecule has 1 aromatic heterocycles. The predicted molar refractivity (Wildman–Crippen MR) is 81.6 cm³/mol. The first kappa shape index (κ1) is 16.5. The average Bonchev–Trinajstić information content (AvgIpc) is 3.05. The number of amides is 1. The van der Waals surface area contributed by atoms with Gasteiger partial charge in [0.1, 0.15) is 5.69 Å². The van der Waals surface area contributed by atoms with Gasteiger partial charge in [0, 0.05) is 24.3 Å². The molecule has 6 heteroatoms. The highest BCUT2D eigenvalue weighted by Crippen LogP contribution is 2.25. The van der Waals surface area contributed by atoms with Gasteiger partial charge in [-0.3, -0.25) is 4.79 Å². The number of aryl methyl sites for hydroxylation is 1. The Morgan fingerprint density at radius 1 is 1.23 bits per heavy atom. The molecule has 1 amide bonds. The zero-order chi connectivity index (χ0) is 16.4. The fraction of sp³-hybridized carbons (Fsp3) is 0.625. The van der Waals surface area contributed by atoms with Crippen molar-refractivity contribution in [2.45, 2.75) is 52.7 Å². The van der Waals surface area contributed by atoms with Crippen molar-refractivity contribution in [3.05, 3.63) is 22.5 Å². The van der Waals surface area contributed by atoms with E-state index in [1.165, 1.54) is 0 Å². The number of aromatic amines is 1. The molecule has 1 saturated heterocycles. The van der Waals surface area contributed by atoms with Crippen LogP contribution in [-0.2, 0) is 9.53 Å². The van der Waals surface area contributed by atoms with Gasteiger partial charge >= 0.3 is 5.97 Å². The normalized spacial score (nSPS) is 17.4. The van der Waals surface area contributed by atoms with Gasteiger partial charge in [0.15, 0.2) is 6.10 Å². The summed E-state index contributed by atoms with van der Waals surface area (Å²) in [7, 11) is 0. The van der Waals surface area contributed by atoms with Gasteiger partial charge in [-0.1, -0.05) is 0 Å². The molecule has 122 valence electrons. The van der Waals surface area contributed by atoms with Crippen LogP contribution in [-0.4, -0.2) is 46.1 Å². The molecular formula is C16H24N2O4. The fourth-order valence-electron chi connectivity index (χ4n) is 3.06. The van der Waals surface area contributed by atoms with Crippen molar-refractivity contribution in [2.24, 2.45) is 0 Å². The van der Waals surface area contributed by atoms with Crippen LogP contribution >= 0.6 is 0 Å². The smallest absolute Gasteiger partial charge is 0.355 e. The first-order valence-electron chi connectivity index (χ1n) is 7.69. The van der Waals surface area contributed by atoms with E-state index < -0.39 is 18.2 Å². The van der Waals surface area contributed by atoms with Gasteiger partial charge in [0.25, 0.3) is 5.91 Å². The number of aliphatic hydroxyl groups is 1. The number of hydrogen-bond donors (Lipinski definition) is 2. The Hall–Kier alpha value is -1.82. The molecule has 2 rings (SSSR count). The highest BCUT2D eigenvalue weighted by atomic mass is 16.5. The standard InChI is InChI=1S/C16H24N2O4/c1-9-13(11(3)19)10(2)17-14(9)16(21)22-12(4)15(20)18-7-5-6-8-18/h11-12,17,19H,5-8H2,1-4H3/t11-,12-/m0/s1. The number of hydrogen-bond acceptors (Lipinski definition) is 4. The van der Waals surface area contributed by atoms with Gasteiger partial charge in [-0.2, -0.15) is 0 Å². The number of aliphatic hydroxyl groups excluding tert-OH is 1. The summed E-state index contributed by atoms with van der Waals surface area (Å²) in [6, 6.07) is 0. The lowest BCUT2D eigenvalue weighted by Gasteiger charge is -2.20. The number of H-pyrrole nitrogens is 1. The van der Waals surface area contributed by atoms with Crippen LogP contribution in [0.4, 0.5) is 0 Å². The molecule has 1 aliphatic rings. The number of rotatable bonds is 4. The first-order chi connectivity index (χ1) is 10.3. The Morgan fingerprint density at radius 3 is 2.32 bits per heavy atom. The summed E-state index contributed by atoms with van der Waals surface area (Å²) >= 11 is 0. The van der Waals surface area contributed by atoms with Crippen LogP contribution in [0.15, 0.2) is 0 Å². The molecule has 1 aliphatic heterocycles. The van der Waals surface area contributed by atoms with Crippen molar-refractivity contribution >= 4 is 11.9 Å². The van der Waals surface area contributed by atoms with Gasteiger partial charge < -0.3 is 19.7 Å². The topological polar surface area (TPSA) is 82.6 Å². The molecule has 0 saturated carbocycles. The number of aromatic nitrogens is 1. The van der Waals surface area contributed by atoms with E-state index in [0.29, 0.717) is 16.8 Å². The third-order valence-corrected chi connectivity index (χ3v) is 4.17. The Labute approximate surface area is 130 Å². The maximum atomic E-state index is 12.3. The molecule has 0 unspecified atom stereocenters. The van der Waals surface area contributed by atoms with Crippen molar-refractivity contribution in [2.75, 3.05) is 13.1 Å². The van der Waals surface area contributed by atoms with Crippen molar-refractivity contribution < 1.29 is 19.4 Å². The fourth-order valence-corrected chi connectivity index (χ4v) is 3.06. The summed E-state index contributed by atoms with van der Waals surface area (Å²) in [5.41, 5.74) is 2.40. The molecule has 1 fully saturated rings. The molecular weight excluding hydrogens is 284 g/mol. The molecule has 0 radical (unpaired) electrons. The summed E-state index contributed by atoms with van der Waals surface area (Å²) in [6.07, 6.45) is 0.531. The molecule has 0 bridgehead atoms. The quantitative estimate of drug-likeness (QED) is 0.832. The maximum absolute atomic E-state index is 12.3. The largest absolute Gasteiger partial charge is 0.448 e. The highest BCUT2D eigenvalue weighted by molar-refractivity contribution is 5.92. The van der Waals surface area contributed by atoms with Crippen LogP contribution in [0.25, 0.3) is 0 Å². The first-order valence-corrected chi connectivity index (χ1v) is 7.69. The second-order valence-corrected chi connectivity index (χ2v) is 5.92. The molecule has 6 nitrogen and oxygen atoms in total. The number of carbonyl (C=O) groups is 2.